The standard InChI is InChI=1S/C22H29N3O2S/c1-13(2)19(26)23-17-3-5-18(6-4-17)24-21(28)25-20(27)22-10-14-7-15(11-22)9-16(8-14)12-22/h3-6,13-16H,7-12H2,1-2H3,(H,23,26)(H2,24,25,27,28). The Kier molecular flexibility index (Phi) is 5.17. The fourth-order valence-electron chi connectivity index (χ4n) is 5.71. The Bertz CT molecular complexity index is 752. The molecule has 4 aliphatic rings. The van der Waals surface area contributed by atoms with E-state index in [0.29, 0.717) is 5.11 Å². The van der Waals surface area contributed by atoms with Crippen molar-refractivity contribution in [1.29, 1.82) is 0 Å². The second-order valence-corrected chi connectivity index (χ2v) is 9.74. The molecule has 0 unspecified atom stereocenters. The highest BCUT2D eigenvalue weighted by Crippen LogP contribution is 2.60. The molecule has 3 N–H and O–H groups in total. The molecule has 5 rings (SSSR count). The number of carbonyl (C=O) groups is 2. The molecule has 4 bridgehead atoms. The highest BCUT2D eigenvalue weighted by molar-refractivity contribution is 7.80. The van der Waals surface area contributed by atoms with Crippen molar-refractivity contribution >= 4 is 40.5 Å². The van der Waals surface area contributed by atoms with Crippen LogP contribution in [0.3, 0.4) is 0 Å². The van der Waals surface area contributed by atoms with Crippen LogP contribution in [0, 0.1) is 29.1 Å². The van der Waals surface area contributed by atoms with Gasteiger partial charge < -0.3 is 16.0 Å². The molecule has 0 heterocycles. The van der Waals surface area contributed by atoms with Crippen LogP contribution in [-0.4, -0.2) is 16.9 Å². The summed E-state index contributed by atoms with van der Waals surface area (Å²) in [5.74, 6) is 2.21. The van der Waals surface area contributed by atoms with Gasteiger partial charge in [0.25, 0.3) is 0 Å². The quantitative estimate of drug-likeness (QED) is 0.660. The lowest BCUT2D eigenvalue weighted by Gasteiger charge is -2.55. The van der Waals surface area contributed by atoms with Gasteiger partial charge in [0.05, 0.1) is 5.41 Å². The molecule has 6 heteroatoms. The summed E-state index contributed by atoms with van der Waals surface area (Å²) in [6, 6.07) is 7.34. The summed E-state index contributed by atoms with van der Waals surface area (Å²) in [5.41, 5.74) is 1.33. The molecule has 4 aliphatic carbocycles. The summed E-state index contributed by atoms with van der Waals surface area (Å²) in [5, 5.41) is 9.26. The Morgan fingerprint density at radius 3 is 1.86 bits per heavy atom. The first kappa shape index (κ1) is 19.4. The molecular weight excluding hydrogens is 370 g/mol. The lowest BCUT2D eigenvalue weighted by atomic mass is 9.49. The SMILES string of the molecule is CC(C)C(=O)Nc1ccc(NC(=S)NC(=O)C23CC4CC(CC(C4)C2)C3)cc1. The van der Waals surface area contributed by atoms with E-state index >= 15 is 0 Å². The molecular formula is C22H29N3O2S. The van der Waals surface area contributed by atoms with Gasteiger partial charge in [-0.25, -0.2) is 0 Å². The molecule has 0 atom stereocenters. The number of nitrogens with one attached hydrogen (secondary N) is 3. The first-order valence-corrected chi connectivity index (χ1v) is 10.8. The maximum Gasteiger partial charge on any atom is 0.232 e. The van der Waals surface area contributed by atoms with E-state index < -0.39 is 0 Å². The highest BCUT2D eigenvalue weighted by atomic mass is 32.1. The molecule has 4 fully saturated rings. The van der Waals surface area contributed by atoms with Crippen molar-refractivity contribution in [3.63, 3.8) is 0 Å². The summed E-state index contributed by atoms with van der Waals surface area (Å²) in [7, 11) is 0. The van der Waals surface area contributed by atoms with E-state index in [1.54, 1.807) is 0 Å². The second kappa shape index (κ2) is 7.47. The maximum absolute atomic E-state index is 13.1. The molecule has 0 saturated heterocycles. The molecule has 150 valence electrons. The number of benzene rings is 1. The topological polar surface area (TPSA) is 70.2 Å². The number of hydrogen-bond acceptors (Lipinski definition) is 3. The summed E-state index contributed by atoms with van der Waals surface area (Å²) in [6.45, 7) is 3.71. The van der Waals surface area contributed by atoms with Crippen molar-refractivity contribution in [2.75, 3.05) is 10.6 Å². The second-order valence-electron chi connectivity index (χ2n) is 9.33. The Morgan fingerprint density at radius 2 is 1.39 bits per heavy atom. The molecule has 1 aromatic rings. The van der Waals surface area contributed by atoms with Gasteiger partial charge in [0.2, 0.25) is 11.8 Å². The van der Waals surface area contributed by atoms with Crippen molar-refractivity contribution in [3.05, 3.63) is 24.3 Å². The van der Waals surface area contributed by atoms with Gasteiger partial charge in [0.1, 0.15) is 0 Å². The largest absolute Gasteiger partial charge is 0.332 e. The Morgan fingerprint density at radius 1 is 0.929 bits per heavy atom. The zero-order chi connectivity index (χ0) is 19.9. The third-order valence-corrected chi connectivity index (χ3v) is 6.89. The molecule has 0 aliphatic heterocycles. The van der Waals surface area contributed by atoms with Gasteiger partial charge >= 0.3 is 0 Å². The van der Waals surface area contributed by atoms with Gasteiger partial charge in [0.15, 0.2) is 5.11 Å². The molecule has 5 nitrogen and oxygen atoms in total. The van der Waals surface area contributed by atoms with Crippen LogP contribution >= 0.6 is 12.2 Å². The first-order chi connectivity index (χ1) is 13.3. The summed E-state index contributed by atoms with van der Waals surface area (Å²) in [4.78, 5) is 24.8. The first-order valence-electron chi connectivity index (χ1n) is 10.4. The normalized spacial score (nSPS) is 30.2. The molecule has 0 aromatic heterocycles. The number of amides is 2. The minimum absolute atomic E-state index is 0.0148. The predicted octanol–water partition coefficient (Wildman–Crippen LogP) is 4.31. The molecule has 0 radical (unpaired) electrons. The number of anilines is 2. The number of thiocarbonyl (C=S) groups is 1. The average molecular weight is 400 g/mol. The number of carbonyl (C=O) groups excluding carboxylic acids is 2. The van der Waals surface area contributed by atoms with Crippen LogP contribution in [0.4, 0.5) is 11.4 Å². The molecule has 28 heavy (non-hydrogen) atoms. The van der Waals surface area contributed by atoms with Crippen LogP contribution in [0.5, 0.6) is 0 Å². The van der Waals surface area contributed by atoms with E-state index in [2.05, 4.69) is 16.0 Å². The van der Waals surface area contributed by atoms with Gasteiger partial charge in [-0.3, -0.25) is 9.59 Å². The van der Waals surface area contributed by atoms with Crippen LogP contribution < -0.4 is 16.0 Å². The van der Waals surface area contributed by atoms with Gasteiger partial charge in [-0.1, -0.05) is 13.8 Å². The molecule has 0 spiro atoms. The van der Waals surface area contributed by atoms with Gasteiger partial charge in [0, 0.05) is 17.3 Å². The van der Waals surface area contributed by atoms with E-state index in [1.807, 2.05) is 38.1 Å². The third-order valence-electron chi connectivity index (χ3n) is 6.68. The van der Waals surface area contributed by atoms with E-state index in [-0.39, 0.29) is 23.1 Å². The molecule has 2 amide bonds. The van der Waals surface area contributed by atoms with Gasteiger partial charge in [-0.15, -0.1) is 0 Å². The van der Waals surface area contributed by atoms with Crippen LogP contribution in [0.1, 0.15) is 52.4 Å². The van der Waals surface area contributed by atoms with E-state index in [0.717, 1.165) is 48.4 Å². The smallest absolute Gasteiger partial charge is 0.232 e. The van der Waals surface area contributed by atoms with Gasteiger partial charge in [-0.2, -0.15) is 0 Å². The van der Waals surface area contributed by atoms with Crippen molar-refractivity contribution in [3.8, 4) is 0 Å². The Balaban J connectivity index is 1.33. The summed E-state index contributed by atoms with van der Waals surface area (Å²) in [6.07, 6.45) is 7.02. The fourth-order valence-corrected chi connectivity index (χ4v) is 5.92. The maximum atomic E-state index is 13.1. The molecule has 1 aromatic carbocycles. The van der Waals surface area contributed by atoms with Crippen molar-refractivity contribution in [2.45, 2.75) is 52.4 Å². The Labute approximate surface area is 172 Å². The zero-order valence-electron chi connectivity index (χ0n) is 16.6. The average Bonchev–Trinajstić information content (AvgIpc) is 2.62. The van der Waals surface area contributed by atoms with E-state index in [4.69, 9.17) is 12.2 Å². The van der Waals surface area contributed by atoms with Crippen LogP contribution in [0.2, 0.25) is 0 Å². The summed E-state index contributed by atoms with van der Waals surface area (Å²) >= 11 is 5.39. The lowest BCUT2D eigenvalue weighted by molar-refractivity contribution is -0.144. The zero-order valence-corrected chi connectivity index (χ0v) is 17.4. The minimum atomic E-state index is -0.203. The van der Waals surface area contributed by atoms with Crippen molar-refractivity contribution in [1.82, 2.24) is 5.32 Å². The van der Waals surface area contributed by atoms with E-state index in [9.17, 15) is 9.59 Å². The van der Waals surface area contributed by atoms with Crippen LogP contribution in [-0.2, 0) is 9.59 Å². The van der Waals surface area contributed by atoms with Crippen LogP contribution in [0.25, 0.3) is 0 Å². The number of rotatable bonds is 4. The Hall–Kier alpha value is -1.95. The predicted molar refractivity (Wildman–Crippen MR) is 115 cm³/mol. The molecule has 4 saturated carbocycles. The van der Waals surface area contributed by atoms with Crippen LogP contribution in [0.15, 0.2) is 24.3 Å². The van der Waals surface area contributed by atoms with Crippen molar-refractivity contribution in [2.24, 2.45) is 29.1 Å². The van der Waals surface area contributed by atoms with Crippen molar-refractivity contribution < 1.29 is 9.59 Å². The highest BCUT2D eigenvalue weighted by Gasteiger charge is 2.54. The fraction of sp³-hybridized carbons (Fsp3) is 0.591. The summed E-state index contributed by atoms with van der Waals surface area (Å²) < 4.78 is 0. The monoisotopic (exact) mass is 399 g/mol. The minimum Gasteiger partial charge on any atom is -0.332 e. The van der Waals surface area contributed by atoms with E-state index in [1.165, 1.54) is 19.3 Å². The third kappa shape index (κ3) is 3.93. The lowest BCUT2D eigenvalue weighted by Crippen LogP contribution is -2.55. The van der Waals surface area contributed by atoms with Gasteiger partial charge in [-0.05, 0) is 92.8 Å². The number of hydrogen-bond donors (Lipinski definition) is 3.